The van der Waals surface area contributed by atoms with Gasteiger partial charge in [-0.1, -0.05) is 0 Å². The fraction of sp³-hybridized carbons (Fsp3) is 0.647. The molecule has 156 valence electrons. The highest BCUT2D eigenvalue weighted by atomic mass is 31.2. The van der Waals surface area contributed by atoms with Crippen LogP contribution >= 0.6 is 15.2 Å². The molecule has 0 atom stereocenters. The number of benzene rings is 1. The summed E-state index contributed by atoms with van der Waals surface area (Å²) < 4.78 is 54.6. The van der Waals surface area contributed by atoms with Gasteiger partial charge in [0.25, 0.3) is 0 Å². The molecular weight excluding hydrogens is 392 g/mol. The molecule has 0 aliphatic carbocycles. The lowest BCUT2D eigenvalue weighted by atomic mass is 10.3. The second-order valence-corrected chi connectivity index (χ2v) is 10.7. The van der Waals surface area contributed by atoms with Crippen molar-refractivity contribution in [3.63, 3.8) is 0 Å². The Labute approximate surface area is 161 Å². The summed E-state index contributed by atoms with van der Waals surface area (Å²) in [6.45, 7) is 8.65. The van der Waals surface area contributed by atoms with Crippen molar-refractivity contribution >= 4 is 20.9 Å². The molecule has 1 rings (SSSR count). The molecule has 0 amide bonds. The minimum Gasteiger partial charge on any atom is -0.497 e. The first-order valence-electron chi connectivity index (χ1n) is 8.96. The third-order valence-electron chi connectivity index (χ3n) is 3.73. The SMILES string of the molecule is CCOP(=O)(OCC)C(C)(Nc1ccc(OC)cc1)P(=O)(OCC)OCC. The van der Waals surface area contributed by atoms with E-state index in [0.717, 1.165) is 0 Å². The van der Waals surface area contributed by atoms with Gasteiger partial charge in [-0.3, -0.25) is 9.13 Å². The van der Waals surface area contributed by atoms with Gasteiger partial charge in [0, 0.05) is 5.69 Å². The Morgan fingerprint density at radius 3 is 1.48 bits per heavy atom. The Bertz CT molecular complexity index is 616. The first-order valence-corrected chi connectivity index (χ1v) is 12.0. The molecule has 10 heteroatoms. The van der Waals surface area contributed by atoms with Crippen LogP contribution in [0.5, 0.6) is 5.75 Å². The van der Waals surface area contributed by atoms with Crippen LogP contribution in [0.3, 0.4) is 0 Å². The highest BCUT2D eigenvalue weighted by Crippen LogP contribution is 2.77. The second-order valence-electron chi connectivity index (χ2n) is 5.54. The van der Waals surface area contributed by atoms with Crippen LogP contribution in [0.2, 0.25) is 0 Å². The summed E-state index contributed by atoms with van der Waals surface area (Å²) in [4.78, 5) is 0. The maximum Gasteiger partial charge on any atom is 0.368 e. The zero-order valence-electron chi connectivity index (χ0n) is 16.9. The Hall–Kier alpha value is -0.880. The van der Waals surface area contributed by atoms with Gasteiger partial charge in [0.15, 0.2) is 0 Å². The van der Waals surface area contributed by atoms with Crippen molar-refractivity contribution in [2.24, 2.45) is 0 Å². The summed E-state index contributed by atoms with van der Waals surface area (Å²) in [5.41, 5.74) is 0.539. The fourth-order valence-corrected chi connectivity index (χ4v) is 7.43. The van der Waals surface area contributed by atoms with Gasteiger partial charge in [-0.05, 0) is 58.9 Å². The van der Waals surface area contributed by atoms with Crippen molar-refractivity contribution < 1.29 is 32.0 Å². The minimum absolute atomic E-state index is 0.107. The van der Waals surface area contributed by atoms with Crippen molar-refractivity contribution in [2.75, 3.05) is 38.9 Å². The summed E-state index contributed by atoms with van der Waals surface area (Å²) >= 11 is 0. The summed E-state index contributed by atoms with van der Waals surface area (Å²) in [5, 5.41) is 1.29. The first-order chi connectivity index (χ1) is 12.8. The molecule has 1 aromatic carbocycles. The third-order valence-corrected chi connectivity index (χ3v) is 9.95. The van der Waals surface area contributed by atoms with Crippen LogP contribution in [0, 0.1) is 0 Å². The van der Waals surface area contributed by atoms with E-state index in [1.54, 1.807) is 59.1 Å². The zero-order chi connectivity index (χ0) is 20.6. The van der Waals surface area contributed by atoms with Crippen molar-refractivity contribution in [3.8, 4) is 5.75 Å². The van der Waals surface area contributed by atoms with Crippen LogP contribution in [0.25, 0.3) is 0 Å². The van der Waals surface area contributed by atoms with Gasteiger partial charge in [0.2, 0.25) is 5.02 Å². The fourth-order valence-electron chi connectivity index (χ4n) is 2.49. The van der Waals surface area contributed by atoms with E-state index in [2.05, 4.69) is 5.32 Å². The maximum absolute atomic E-state index is 13.7. The molecule has 0 spiro atoms. The number of hydrogen-bond acceptors (Lipinski definition) is 8. The van der Waals surface area contributed by atoms with Gasteiger partial charge in [0.05, 0.1) is 33.5 Å². The summed E-state index contributed by atoms with van der Waals surface area (Å²) in [6, 6.07) is 6.87. The molecule has 0 unspecified atom stereocenters. The molecule has 0 aliphatic rings. The normalized spacial score (nSPS) is 12.8. The molecule has 0 aromatic heterocycles. The van der Waals surface area contributed by atoms with E-state index < -0.39 is 20.2 Å². The molecule has 0 saturated carbocycles. The highest BCUT2D eigenvalue weighted by Gasteiger charge is 2.62. The number of nitrogens with one attached hydrogen (secondary N) is 1. The van der Waals surface area contributed by atoms with Crippen LogP contribution in [0.4, 0.5) is 5.69 Å². The van der Waals surface area contributed by atoms with Crippen molar-refractivity contribution in [3.05, 3.63) is 24.3 Å². The Morgan fingerprint density at radius 2 is 1.19 bits per heavy atom. The third kappa shape index (κ3) is 5.35. The van der Waals surface area contributed by atoms with Crippen LogP contribution in [-0.4, -0.2) is 38.6 Å². The number of rotatable bonds is 13. The van der Waals surface area contributed by atoms with Crippen LogP contribution < -0.4 is 10.1 Å². The molecule has 1 N–H and O–H groups in total. The van der Waals surface area contributed by atoms with Crippen LogP contribution in [0.1, 0.15) is 34.6 Å². The van der Waals surface area contributed by atoms with E-state index in [0.29, 0.717) is 11.4 Å². The van der Waals surface area contributed by atoms with Gasteiger partial charge >= 0.3 is 15.2 Å². The summed E-state index contributed by atoms with van der Waals surface area (Å²) in [6.07, 6.45) is 0. The molecule has 1 aromatic rings. The van der Waals surface area contributed by atoms with Gasteiger partial charge in [-0.25, -0.2) is 0 Å². The number of ether oxygens (including phenoxy) is 1. The quantitative estimate of drug-likeness (QED) is 0.427. The molecule has 27 heavy (non-hydrogen) atoms. The summed E-state index contributed by atoms with van der Waals surface area (Å²) in [7, 11) is -6.37. The van der Waals surface area contributed by atoms with E-state index in [1.165, 1.54) is 6.92 Å². The van der Waals surface area contributed by atoms with Gasteiger partial charge < -0.3 is 28.1 Å². The Kier molecular flexibility index (Phi) is 9.49. The smallest absolute Gasteiger partial charge is 0.368 e. The summed E-state index contributed by atoms with van der Waals surface area (Å²) in [5.74, 6) is 0.651. The van der Waals surface area contributed by atoms with Gasteiger partial charge in [-0.15, -0.1) is 0 Å². The molecule has 0 radical (unpaired) electrons. The van der Waals surface area contributed by atoms with E-state index in [4.69, 9.17) is 22.8 Å². The predicted octanol–water partition coefficient (Wildman–Crippen LogP) is 5.31. The van der Waals surface area contributed by atoms with Gasteiger partial charge in [0.1, 0.15) is 5.75 Å². The van der Waals surface area contributed by atoms with E-state index in [1.807, 2.05) is 0 Å². The lowest BCUT2D eigenvalue weighted by Crippen LogP contribution is -2.38. The topological polar surface area (TPSA) is 92.3 Å². The average Bonchev–Trinajstić information content (AvgIpc) is 2.63. The van der Waals surface area contributed by atoms with E-state index in [-0.39, 0.29) is 26.4 Å². The minimum atomic E-state index is -3.96. The molecular formula is C17H31NO7P2. The largest absolute Gasteiger partial charge is 0.497 e. The maximum atomic E-state index is 13.7. The highest BCUT2D eigenvalue weighted by molar-refractivity contribution is 7.74. The number of hydrogen-bond donors (Lipinski definition) is 1. The number of methoxy groups -OCH3 is 1. The van der Waals surface area contributed by atoms with Crippen molar-refractivity contribution in [2.45, 2.75) is 39.6 Å². The van der Waals surface area contributed by atoms with E-state index in [9.17, 15) is 9.13 Å². The molecule has 0 fully saturated rings. The lowest BCUT2D eigenvalue weighted by molar-refractivity contribution is 0.184. The Morgan fingerprint density at radius 1 is 0.815 bits per heavy atom. The number of anilines is 1. The predicted molar refractivity (Wildman–Crippen MR) is 107 cm³/mol. The van der Waals surface area contributed by atoms with Crippen LogP contribution in [-0.2, 0) is 27.2 Å². The van der Waals surface area contributed by atoms with Crippen LogP contribution in [0.15, 0.2) is 24.3 Å². The van der Waals surface area contributed by atoms with Crippen molar-refractivity contribution in [1.29, 1.82) is 0 Å². The molecule has 0 aliphatic heterocycles. The van der Waals surface area contributed by atoms with E-state index >= 15 is 0 Å². The second kappa shape index (κ2) is 10.6. The molecule has 0 saturated heterocycles. The van der Waals surface area contributed by atoms with Gasteiger partial charge in [-0.2, -0.15) is 0 Å². The lowest BCUT2D eigenvalue weighted by Gasteiger charge is -2.40. The van der Waals surface area contributed by atoms with Crippen molar-refractivity contribution in [1.82, 2.24) is 0 Å². The molecule has 0 heterocycles. The Balaban J connectivity index is 3.52. The zero-order valence-corrected chi connectivity index (χ0v) is 18.7. The molecule has 0 bridgehead atoms. The average molecular weight is 423 g/mol. The molecule has 8 nitrogen and oxygen atoms in total. The standard InChI is InChI=1S/C17H31NO7P2/c1-7-22-26(19,23-8-2)17(5,27(20,24-9-3)25-10-4)18-15-11-13-16(21-6)14-12-15/h11-14,18H,7-10H2,1-6H3. The monoisotopic (exact) mass is 423 g/mol. The first kappa shape index (κ1) is 24.2.